The van der Waals surface area contributed by atoms with Crippen molar-refractivity contribution in [1.82, 2.24) is 5.16 Å². The van der Waals surface area contributed by atoms with E-state index in [0.717, 1.165) is 63.5 Å². The van der Waals surface area contributed by atoms with Crippen LogP contribution in [0.4, 0.5) is 0 Å². The molecule has 36 heavy (non-hydrogen) atoms. The van der Waals surface area contributed by atoms with Crippen molar-refractivity contribution < 1.29 is 19.2 Å². The van der Waals surface area contributed by atoms with Crippen molar-refractivity contribution in [1.29, 1.82) is 0 Å². The molecule has 0 aliphatic heterocycles. The fourth-order valence-electron chi connectivity index (χ4n) is 4.02. The number of hydrogen-bond donors (Lipinski definition) is 1. The molecule has 1 aromatic heterocycles. The van der Waals surface area contributed by atoms with Crippen LogP contribution in [0, 0.1) is 0 Å². The topological polar surface area (TPSA) is 72.6 Å². The molecule has 0 spiro atoms. The molecule has 5 nitrogen and oxygen atoms in total. The minimum Gasteiger partial charge on any atom is -0.493 e. The zero-order chi connectivity index (χ0) is 25.7. The number of thioether (sulfide) groups is 1. The van der Waals surface area contributed by atoms with Gasteiger partial charge < -0.3 is 14.4 Å². The van der Waals surface area contributed by atoms with Crippen LogP contribution in [0.1, 0.15) is 44.7 Å². The normalized spacial score (nSPS) is 11.7. The predicted octanol–water partition coefficient (Wildman–Crippen LogP) is 8.02. The molecule has 0 fully saturated rings. The van der Waals surface area contributed by atoms with E-state index in [0.29, 0.717) is 17.2 Å². The molecule has 0 unspecified atom stereocenters. The van der Waals surface area contributed by atoms with E-state index in [-0.39, 0.29) is 0 Å². The number of aryl methyl sites for hydroxylation is 1. The summed E-state index contributed by atoms with van der Waals surface area (Å²) in [5.74, 6) is 0.787. The molecule has 0 bridgehead atoms. The minimum atomic E-state index is -0.983. The molecule has 4 rings (SSSR count). The van der Waals surface area contributed by atoms with Gasteiger partial charge in [-0.2, -0.15) is 0 Å². The zero-order valence-corrected chi connectivity index (χ0v) is 22.3. The maximum atomic E-state index is 11.5. The molecule has 4 aromatic rings. The Balaban J connectivity index is 1.39. The molecule has 188 valence electrons. The summed E-state index contributed by atoms with van der Waals surface area (Å²) in [5.41, 5.74) is 3.43. The van der Waals surface area contributed by atoms with Crippen molar-refractivity contribution >= 4 is 40.3 Å². The Morgan fingerprint density at radius 2 is 1.92 bits per heavy atom. The maximum absolute atomic E-state index is 11.5. The quantitative estimate of drug-likeness (QED) is 0.158. The van der Waals surface area contributed by atoms with Gasteiger partial charge >= 0.3 is 5.97 Å². The van der Waals surface area contributed by atoms with E-state index < -0.39 is 11.4 Å². The summed E-state index contributed by atoms with van der Waals surface area (Å²) in [5, 5.41) is 15.4. The lowest BCUT2D eigenvalue weighted by atomic mass is 9.85. The molecule has 1 N–H and O–H groups in total. The molecule has 0 aliphatic carbocycles. The van der Waals surface area contributed by atoms with E-state index in [1.54, 1.807) is 31.7 Å². The first-order chi connectivity index (χ1) is 17.3. The van der Waals surface area contributed by atoms with E-state index in [4.69, 9.17) is 20.9 Å². The average Bonchev–Trinajstić information content (AvgIpc) is 3.30. The second-order valence-corrected chi connectivity index (χ2v) is 10.7. The SMILES string of the molecule is CCCc1c(OCCCSc2ccc(C(C)(C)C(=O)O)cc2Cl)ccc2c(-c3ccccc3)noc12. The van der Waals surface area contributed by atoms with Gasteiger partial charge in [0.05, 0.1) is 22.4 Å². The molecule has 0 saturated carbocycles. The van der Waals surface area contributed by atoms with Crippen LogP contribution in [0.2, 0.25) is 5.02 Å². The van der Waals surface area contributed by atoms with E-state index in [1.165, 1.54) is 0 Å². The fourth-order valence-corrected chi connectivity index (χ4v) is 5.21. The smallest absolute Gasteiger partial charge is 0.313 e. The van der Waals surface area contributed by atoms with Crippen LogP contribution in [0.15, 0.2) is 70.1 Å². The van der Waals surface area contributed by atoms with Gasteiger partial charge in [0, 0.05) is 21.8 Å². The monoisotopic (exact) mass is 523 g/mol. The summed E-state index contributed by atoms with van der Waals surface area (Å²) < 4.78 is 12.0. The van der Waals surface area contributed by atoms with Gasteiger partial charge in [-0.25, -0.2) is 0 Å². The number of carbonyl (C=O) groups is 1. The van der Waals surface area contributed by atoms with Crippen molar-refractivity contribution in [3.05, 3.63) is 76.8 Å². The Bertz CT molecular complexity index is 1350. The van der Waals surface area contributed by atoms with E-state index >= 15 is 0 Å². The second kappa shape index (κ2) is 11.4. The number of aromatic nitrogens is 1. The third-order valence-electron chi connectivity index (χ3n) is 6.24. The van der Waals surface area contributed by atoms with Gasteiger partial charge in [-0.05, 0) is 56.5 Å². The van der Waals surface area contributed by atoms with Crippen LogP contribution < -0.4 is 4.74 Å². The van der Waals surface area contributed by atoms with Crippen LogP contribution in [0.25, 0.3) is 22.2 Å². The summed E-state index contributed by atoms with van der Waals surface area (Å²) in [6, 6.07) is 19.6. The molecule has 1 heterocycles. The number of benzene rings is 3. The molecule has 0 aliphatic rings. The minimum absolute atomic E-state index is 0.566. The first kappa shape index (κ1) is 26.1. The maximum Gasteiger partial charge on any atom is 0.313 e. The zero-order valence-electron chi connectivity index (χ0n) is 20.7. The molecule has 0 radical (unpaired) electrons. The highest BCUT2D eigenvalue weighted by Gasteiger charge is 2.29. The van der Waals surface area contributed by atoms with Gasteiger partial charge in [0.1, 0.15) is 11.4 Å². The van der Waals surface area contributed by atoms with Crippen LogP contribution >= 0.6 is 23.4 Å². The molecule has 0 saturated heterocycles. The largest absolute Gasteiger partial charge is 0.493 e. The number of hydrogen-bond acceptors (Lipinski definition) is 5. The Hall–Kier alpha value is -2.96. The van der Waals surface area contributed by atoms with Crippen LogP contribution in [-0.2, 0) is 16.6 Å². The molecule has 7 heteroatoms. The highest BCUT2D eigenvalue weighted by molar-refractivity contribution is 7.99. The standard InChI is InChI=1S/C29H30ClNO4S/c1-4-9-21-24(14-13-22-26(31-35-27(21)22)19-10-6-5-7-11-19)34-16-8-17-36-25-15-12-20(18-23(25)30)29(2,3)28(32)33/h5-7,10-15,18H,4,8-9,16-17H2,1-3H3,(H,32,33). The number of nitrogens with zero attached hydrogens (tertiary/aromatic N) is 1. The highest BCUT2D eigenvalue weighted by Crippen LogP contribution is 2.36. The summed E-state index contributed by atoms with van der Waals surface area (Å²) in [7, 11) is 0. The third kappa shape index (κ3) is 5.55. The Morgan fingerprint density at radius 1 is 1.14 bits per heavy atom. The number of carboxylic acids is 1. The van der Waals surface area contributed by atoms with Gasteiger partial charge in [-0.3, -0.25) is 4.79 Å². The average molecular weight is 524 g/mol. The van der Waals surface area contributed by atoms with Crippen LogP contribution in [0.5, 0.6) is 5.75 Å². The van der Waals surface area contributed by atoms with Gasteiger partial charge in [-0.1, -0.05) is 66.5 Å². The van der Waals surface area contributed by atoms with Crippen molar-refractivity contribution in [2.75, 3.05) is 12.4 Å². The number of halogens is 1. The summed E-state index contributed by atoms with van der Waals surface area (Å²) >= 11 is 8.08. The van der Waals surface area contributed by atoms with Crippen molar-refractivity contribution in [2.24, 2.45) is 0 Å². The Morgan fingerprint density at radius 3 is 2.61 bits per heavy atom. The van der Waals surface area contributed by atoms with Crippen molar-refractivity contribution in [3.8, 4) is 17.0 Å². The lowest BCUT2D eigenvalue weighted by Crippen LogP contribution is -2.28. The first-order valence-corrected chi connectivity index (χ1v) is 13.4. The molecule has 3 aromatic carbocycles. The number of fused-ring (bicyclic) bond motifs is 1. The molecular formula is C29H30ClNO4S. The fraction of sp³-hybridized carbons (Fsp3) is 0.310. The van der Waals surface area contributed by atoms with E-state index in [2.05, 4.69) is 12.1 Å². The first-order valence-electron chi connectivity index (χ1n) is 12.1. The van der Waals surface area contributed by atoms with Gasteiger partial charge in [-0.15, -0.1) is 11.8 Å². The highest BCUT2D eigenvalue weighted by atomic mass is 35.5. The third-order valence-corrected chi connectivity index (χ3v) is 7.82. The predicted molar refractivity (Wildman–Crippen MR) is 146 cm³/mol. The van der Waals surface area contributed by atoms with Gasteiger partial charge in [0.25, 0.3) is 0 Å². The number of rotatable bonds is 11. The molecule has 0 atom stereocenters. The number of ether oxygens (including phenoxy) is 1. The van der Waals surface area contributed by atoms with E-state index in [9.17, 15) is 9.90 Å². The lowest BCUT2D eigenvalue weighted by molar-refractivity contribution is -0.142. The van der Waals surface area contributed by atoms with Crippen molar-refractivity contribution in [2.45, 2.75) is 50.3 Å². The molecule has 0 amide bonds. The molecular weight excluding hydrogens is 494 g/mol. The van der Waals surface area contributed by atoms with Gasteiger partial charge in [0.15, 0.2) is 5.58 Å². The van der Waals surface area contributed by atoms with Crippen LogP contribution in [-0.4, -0.2) is 28.6 Å². The lowest BCUT2D eigenvalue weighted by Gasteiger charge is -2.20. The van der Waals surface area contributed by atoms with Crippen molar-refractivity contribution in [3.63, 3.8) is 0 Å². The van der Waals surface area contributed by atoms with Crippen LogP contribution in [0.3, 0.4) is 0 Å². The Kier molecular flexibility index (Phi) is 8.27. The number of carboxylic acid groups (broad SMARTS) is 1. The summed E-state index contributed by atoms with van der Waals surface area (Å²) in [4.78, 5) is 12.4. The van der Waals surface area contributed by atoms with E-state index in [1.807, 2.05) is 54.6 Å². The summed E-state index contributed by atoms with van der Waals surface area (Å²) in [6.45, 7) is 6.06. The second-order valence-electron chi connectivity index (χ2n) is 9.19. The summed E-state index contributed by atoms with van der Waals surface area (Å²) in [6.07, 6.45) is 2.65. The number of aliphatic carboxylic acids is 1. The van der Waals surface area contributed by atoms with Gasteiger partial charge in [0.2, 0.25) is 0 Å². The Labute approximate surface area is 220 Å².